The summed E-state index contributed by atoms with van der Waals surface area (Å²) in [5, 5.41) is 9.02. The number of nitrogens with zero attached hydrogens (tertiary/aromatic N) is 3. The van der Waals surface area contributed by atoms with Crippen LogP contribution in [0.15, 0.2) is 47.5 Å². The van der Waals surface area contributed by atoms with Crippen LogP contribution < -0.4 is 0 Å². The molecule has 2 heterocycles. The summed E-state index contributed by atoms with van der Waals surface area (Å²) in [6, 6.07) is 8.52. The van der Waals surface area contributed by atoms with Crippen LogP contribution in [-0.4, -0.2) is 66.4 Å². The Kier molecular flexibility index (Phi) is 5.83. The van der Waals surface area contributed by atoms with E-state index in [2.05, 4.69) is 9.88 Å². The monoisotopic (exact) mass is 393 g/mol. The largest absolute Gasteiger partial charge is 0.478 e. The molecule has 1 aliphatic heterocycles. The van der Waals surface area contributed by atoms with Gasteiger partial charge in [-0.05, 0) is 30.3 Å². The number of carboxylic acid groups (broad SMARTS) is 1. The normalized spacial score (nSPS) is 16.3. The lowest BCUT2D eigenvalue weighted by Crippen LogP contribution is -2.49. The van der Waals surface area contributed by atoms with Crippen LogP contribution in [0.3, 0.4) is 0 Å². The average Bonchev–Trinajstić information content (AvgIpc) is 2.67. The lowest BCUT2D eigenvalue weighted by atomic mass is 10.2. The van der Waals surface area contributed by atoms with Crippen LogP contribution in [0.2, 0.25) is 0 Å². The number of rotatable bonds is 6. The Morgan fingerprint density at radius 3 is 2.52 bits per heavy atom. The van der Waals surface area contributed by atoms with Gasteiger partial charge in [-0.1, -0.05) is 6.07 Å². The zero-order valence-electron chi connectivity index (χ0n) is 14.6. The molecule has 144 valence electrons. The first-order valence-corrected chi connectivity index (χ1v) is 9.97. The van der Waals surface area contributed by atoms with Gasteiger partial charge in [0.1, 0.15) is 10.7 Å². The Hall–Kier alpha value is -2.36. The molecule has 0 radical (unpaired) electrons. The molecule has 1 aromatic carbocycles. The summed E-state index contributed by atoms with van der Waals surface area (Å²) in [6.45, 7) is 2.24. The molecule has 7 nitrogen and oxygen atoms in total. The van der Waals surface area contributed by atoms with Crippen molar-refractivity contribution in [3.8, 4) is 0 Å². The number of aromatic carboxylic acids is 1. The first kappa shape index (κ1) is 19.4. The molecule has 0 spiro atoms. The molecule has 0 aliphatic carbocycles. The number of hydrogen-bond acceptors (Lipinski definition) is 5. The van der Waals surface area contributed by atoms with Gasteiger partial charge >= 0.3 is 5.97 Å². The van der Waals surface area contributed by atoms with Gasteiger partial charge in [-0.15, -0.1) is 0 Å². The highest BCUT2D eigenvalue weighted by molar-refractivity contribution is 7.89. The van der Waals surface area contributed by atoms with Crippen molar-refractivity contribution in [2.75, 3.05) is 32.7 Å². The van der Waals surface area contributed by atoms with Gasteiger partial charge in [0.05, 0.1) is 5.56 Å². The summed E-state index contributed by atoms with van der Waals surface area (Å²) in [5.41, 5.74) is 0.712. The Morgan fingerprint density at radius 2 is 1.89 bits per heavy atom. The van der Waals surface area contributed by atoms with Gasteiger partial charge in [0.2, 0.25) is 10.0 Å². The van der Waals surface area contributed by atoms with Crippen LogP contribution in [0.4, 0.5) is 4.39 Å². The van der Waals surface area contributed by atoms with Gasteiger partial charge in [0, 0.05) is 51.0 Å². The fraction of sp³-hybridized carbons (Fsp3) is 0.333. The number of carbonyl (C=O) groups is 1. The van der Waals surface area contributed by atoms with Crippen LogP contribution in [0.5, 0.6) is 0 Å². The third-order valence-corrected chi connectivity index (χ3v) is 6.45. The second kappa shape index (κ2) is 8.12. The predicted molar refractivity (Wildman–Crippen MR) is 96.5 cm³/mol. The minimum atomic E-state index is -4.08. The van der Waals surface area contributed by atoms with Crippen molar-refractivity contribution in [1.82, 2.24) is 14.2 Å². The molecule has 1 aromatic heterocycles. The molecule has 0 saturated carbocycles. The second-order valence-electron chi connectivity index (χ2n) is 6.27. The molecule has 27 heavy (non-hydrogen) atoms. The van der Waals surface area contributed by atoms with Gasteiger partial charge in [-0.2, -0.15) is 4.31 Å². The van der Waals surface area contributed by atoms with Crippen molar-refractivity contribution in [3.05, 3.63) is 59.7 Å². The maximum atomic E-state index is 14.1. The Bertz CT molecular complexity index is 913. The highest BCUT2D eigenvalue weighted by Gasteiger charge is 2.31. The zero-order chi connectivity index (χ0) is 19.4. The topological polar surface area (TPSA) is 90.8 Å². The maximum absolute atomic E-state index is 14.1. The number of carboxylic acids is 1. The summed E-state index contributed by atoms with van der Waals surface area (Å²) in [6.07, 6.45) is 2.50. The van der Waals surface area contributed by atoms with E-state index in [1.54, 1.807) is 6.20 Å². The average molecular weight is 393 g/mol. The molecule has 3 rings (SSSR count). The number of hydrogen-bond donors (Lipinski definition) is 1. The first-order valence-electron chi connectivity index (χ1n) is 8.53. The summed E-state index contributed by atoms with van der Waals surface area (Å²) >= 11 is 0. The Labute approximate surface area is 157 Å². The van der Waals surface area contributed by atoms with Crippen molar-refractivity contribution in [3.63, 3.8) is 0 Å². The molecule has 2 aromatic rings. The second-order valence-corrected chi connectivity index (χ2v) is 8.17. The fourth-order valence-electron chi connectivity index (χ4n) is 2.99. The molecule has 9 heteroatoms. The van der Waals surface area contributed by atoms with Crippen LogP contribution in [-0.2, 0) is 16.4 Å². The van der Waals surface area contributed by atoms with Crippen molar-refractivity contribution >= 4 is 16.0 Å². The van der Waals surface area contributed by atoms with Gasteiger partial charge < -0.3 is 10.0 Å². The van der Waals surface area contributed by atoms with Crippen molar-refractivity contribution in [2.24, 2.45) is 0 Å². The van der Waals surface area contributed by atoms with E-state index in [9.17, 15) is 17.6 Å². The third kappa shape index (κ3) is 4.49. The van der Waals surface area contributed by atoms with E-state index in [4.69, 9.17) is 5.11 Å². The molecular weight excluding hydrogens is 373 g/mol. The van der Waals surface area contributed by atoms with E-state index in [1.165, 1.54) is 4.31 Å². The van der Waals surface area contributed by atoms with Gasteiger partial charge in [-0.25, -0.2) is 17.6 Å². The Balaban J connectivity index is 1.65. The number of benzene rings is 1. The summed E-state index contributed by atoms with van der Waals surface area (Å²) in [5.74, 6) is -2.25. The van der Waals surface area contributed by atoms with Crippen molar-refractivity contribution in [2.45, 2.75) is 11.3 Å². The number of pyridine rings is 1. The quantitative estimate of drug-likeness (QED) is 0.799. The number of piperazine rings is 1. The van der Waals surface area contributed by atoms with Crippen LogP contribution in [0, 0.1) is 5.82 Å². The number of aromatic nitrogens is 1. The summed E-state index contributed by atoms with van der Waals surface area (Å²) in [7, 11) is -4.08. The minimum Gasteiger partial charge on any atom is -0.478 e. The lowest BCUT2D eigenvalue weighted by molar-refractivity contribution is 0.0696. The zero-order valence-corrected chi connectivity index (χ0v) is 15.4. The molecule has 0 unspecified atom stereocenters. The highest BCUT2D eigenvalue weighted by Crippen LogP contribution is 2.22. The van der Waals surface area contributed by atoms with Crippen molar-refractivity contribution < 1.29 is 22.7 Å². The number of sulfonamides is 1. The van der Waals surface area contributed by atoms with Crippen LogP contribution in [0.25, 0.3) is 0 Å². The van der Waals surface area contributed by atoms with E-state index in [0.717, 1.165) is 36.9 Å². The van der Waals surface area contributed by atoms with Crippen LogP contribution in [0.1, 0.15) is 16.1 Å². The SMILES string of the molecule is O=C(O)c1ccc(F)c(S(=O)(=O)N2CCN(CCc3ccccn3)CC2)c1. The molecular formula is C18H20FN3O4S. The predicted octanol–water partition coefficient (Wildman–Crippen LogP) is 1.47. The first-order chi connectivity index (χ1) is 12.9. The smallest absolute Gasteiger partial charge is 0.335 e. The van der Waals surface area contributed by atoms with Gasteiger partial charge in [0.15, 0.2) is 0 Å². The molecule has 0 atom stereocenters. The molecule has 1 fully saturated rings. The number of halogens is 1. The summed E-state index contributed by atoms with van der Waals surface area (Å²) in [4.78, 5) is 16.9. The van der Waals surface area contributed by atoms with E-state index >= 15 is 0 Å². The minimum absolute atomic E-state index is 0.224. The van der Waals surface area contributed by atoms with E-state index in [-0.39, 0.29) is 18.7 Å². The molecule has 0 bridgehead atoms. The Morgan fingerprint density at radius 1 is 1.15 bits per heavy atom. The molecule has 0 amide bonds. The van der Waals surface area contributed by atoms with Crippen molar-refractivity contribution in [1.29, 1.82) is 0 Å². The highest BCUT2D eigenvalue weighted by atomic mass is 32.2. The van der Waals surface area contributed by atoms with Crippen LogP contribution >= 0.6 is 0 Å². The summed E-state index contributed by atoms with van der Waals surface area (Å²) < 4.78 is 40.7. The standard InChI is InChI=1S/C18H20FN3O4S/c19-16-5-4-14(18(23)24)13-17(16)27(25,26)22-11-9-21(10-12-22)8-6-15-3-1-2-7-20-15/h1-5,7,13H,6,8-12H2,(H,23,24). The lowest BCUT2D eigenvalue weighted by Gasteiger charge is -2.34. The molecule has 1 saturated heterocycles. The van der Waals surface area contributed by atoms with Gasteiger partial charge in [-0.3, -0.25) is 4.98 Å². The molecule has 1 aliphatic rings. The van der Waals surface area contributed by atoms with E-state index in [0.29, 0.717) is 13.1 Å². The molecule has 1 N–H and O–H groups in total. The fourth-order valence-corrected chi connectivity index (χ4v) is 4.50. The maximum Gasteiger partial charge on any atom is 0.335 e. The third-order valence-electron chi connectivity index (χ3n) is 4.54. The van der Waals surface area contributed by atoms with Gasteiger partial charge in [0.25, 0.3) is 0 Å². The van der Waals surface area contributed by atoms with E-state index in [1.807, 2.05) is 18.2 Å². The van der Waals surface area contributed by atoms with E-state index < -0.39 is 26.7 Å².